The normalized spacial score (nSPS) is 11.8. The Balaban J connectivity index is 2.78. The fourth-order valence-corrected chi connectivity index (χ4v) is 3.38. The number of aromatic nitrogens is 1. The SMILES string of the molecule is CCCC/C=C/c1c(C(C)C)nc(C(C)C)c(CO)c1-c1ccccc1. The van der Waals surface area contributed by atoms with Gasteiger partial charge in [-0.15, -0.1) is 0 Å². The molecule has 0 amide bonds. The van der Waals surface area contributed by atoms with Crippen LogP contribution >= 0.6 is 0 Å². The van der Waals surface area contributed by atoms with Crippen molar-refractivity contribution in [2.45, 2.75) is 72.3 Å². The van der Waals surface area contributed by atoms with Crippen LogP contribution in [0.1, 0.15) is 88.2 Å². The average molecular weight is 352 g/mol. The summed E-state index contributed by atoms with van der Waals surface area (Å²) < 4.78 is 0. The summed E-state index contributed by atoms with van der Waals surface area (Å²) in [6.07, 6.45) is 7.94. The number of rotatable bonds is 8. The van der Waals surface area contributed by atoms with Gasteiger partial charge in [0.1, 0.15) is 0 Å². The van der Waals surface area contributed by atoms with E-state index in [1.807, 2.05) is 6.07 Å². The second-order valence-electron chi connectivity index (χ2n) is 7.53. The fraction of sp³-hybridized carbons (Fsp3) is 0.458. The molecule has 0 fully saturated rings. The van der Waals surface area contributed by atoms with Crippen LogP contribution in [0, 0.1) is 0 Å². The van der Waals surface area contributed by atoms with E-state index in [0.29, 0.717) is 5.92 Å². The van der Waals surface area contributed by atoms with Crippen molar-refractivity contribution < 1.29 is 5.11 Å². The maximum Gasteiger partial charge on any atom is 0.0706 e. The number of benzene rings is 1. The molecule has 0 aliphatic heterocycles. The minimum atomic E-state index is 0.0128. The highest BCUT2D eigenvalue weighted by atomic mass is 16.3. The predicted molar refractivity (Wildman–Crippen MR) is 112 cm³/mol. The molecule has 2 heteroatoms. The Kier molecular flexibility index (Phi) is 7.59. The highest BCUT2D eigenvalue weighted by Crippen LogP contribution is 2.37. The number of aliphatic hydroxyl groups excluding tert-OH is 1. The van der Waals surface area contributed by atoms with Gasteiger partial charge in [-0.3, -0.25) is 4.98 Å². The number of hydrogen-bond donors (Lipinski definition) is 1. The first-order valence-electron chi connectivity index (χ1n) is 9.90. The fourth-order valence-electron chi connectivity index (χ4n) is 3.38. The Morgan fingerprint density at radius 3 is 2.19 bits per heavy atom. The van der Waals surface area contributed by atoms with Crippen molar-refractivity contribution in [3.63, 3.8) is 0 Å². The number of hydrogen-bond acceptors (Lipinski definition) is 2. The molecule has 140 valence electrons. The van der Waals surface area contributed by atoms with Crippen molar-refractivity contribution in [1.29, 1.82) is 0 Å². The van der Waals surface area contributed by atoms with Gasteiger partial charge < -0.3 is 5.11 Å². The lowest BCUT2D eigenvalue weighted by Gasteiger charge is -2.22. The summed E-state index contributed by atoms with van der Waals surface area (Å²) in [7, 11) is 0. The second kappa shape index (κ2) is 9.68. The summed E-state index contributed by atoms with van der Waals surface area (Å²) in [5.41, 5.74) is 6.56. The molecule has 0 unspecified atom stereocenters. The molecule has 0 bridgehead atoms. The highest BCUT2D eigenvalue weighted by Gasteiger charge is 2.21. The van der Waals surface area contributed by atoms with Gasteiger partial charge in [0.25, 0.3) is 0 Å². The summed E-state index contributed by atoms with van der Waals surface area (Å²) >= 11 is 0. The van der Waals surface area contributed by atoms with E-state index < -0.39 is 0 Å². The van der Waals surface area contributed by atoms with Gasteiger partial charge in [-0.05, 0) is 29.4 Å². The van der Waals surface area contributed by atoms with Crippen molar-refractivity contribution in [3.05, 3.63) is 58.9 Å². The Morgan fingerprint density at radius 2 is 1.65 bits per heavy atom. The first kappa shape index (κ1) is 20.4. The molecule has 0 radical (unpaired) electrons. The third-order valence-corrected chi connectivity index (χ3v) is 4.72. The van der Waals surface area contributed by atoms with E-state index in [9.17, 15) is 5.11 Å². The molecule has 1 heterocycles. The minimum Gasteiger partial charge on any atom is -0.392 e. The lowest BCUT2D eigenvalue weighted by atomic mass is 9.87. The zero-order valence-corrected chi connectivity index (χ0v) is 16.9. The largest absolute Gasteiger partial charge is 0.392 e. The van der Waals surface area contributed by atoms with Crippen molar-refractivity contribution in [1.82, 2.24) is 4.98 Å². The minimum absolute atomic E-state index is 0.0128. The first-order valence-corrected chi connectivity index (χ1v) is 9.90. The molecule has 2 nitrogen and oxygen atoms in total. The molecule has 1 N–H and O–H groups in total. The summed E-state index contributed by atoms with van der Waals surface area (Å²) in [5, 5.41) is 10.2. The van der Waals surface area contributed by atoms with E-state index in [0.717, 1.165) is 40.1 Å². The maximum atomic E-state index is 10.2. The molecule has 26 heavy (non-hydrogen) atoms. The van der Waals surface area contributed by atoms with Crippen molar-refractivity contribution >= 4 is 6.08 Å². The zero-order chi connectivity index (χ0) is 19.1. The van der Waals surface area contributed by atoms with Gasteiger partial charge in [-0.25, -0.2) is 0 Å². The van der Waals surface area contributed by atoms with Gasteiger partial charge in [-0.2, -0.15) is 0 Å². The second-order valence-corrected chi connectivity index (χ2v) is 7.53. The molecular formula is C24H33NO. The van der Waals surface area contributed by atoms with Crippen LogP contribution < -0.4 is 0 Å². The standard InChI is InChI=1S/C24H33NO/c1-6-7-8-12-15-20-22(19-13-10-9-11-14-19)21(16-26)24(18(4)5)25-23(20)17(2)3/h9-15,17-18,26H,6-8,16H2,1-5H3/b15-12+. The van der Waals surface area contributed by atoms with Crippen LogP contribution in [-0.4, -0.2) is 10.1 Å². The van der Waals surface area contributed by atoms with E-state index in [-0.39, 0.29) is 12.5 Å². The van der Waals surface area contributed by atoms with Crippen LogP contribution in [0.4, 0.5) is 0 Å². The molecule has 1 aromatic carbocycles. The van der Waals surface area contributed by atoms with Crippen LogP contribution in [0.5, 0.6) is 0 Å². The molecule has 0 saturated carbocycles. The number of unbranched alkanes of at least 4 members (excludes halogenated alkanes) is 2. The van der Waals surface area contributed by atoms with E-state index in [4.69, 9.17) is 4.98 Å². The van der Waals surface area contributed by atoms with E-state index in [1.54, 1.807) is 0 Å². The Labute approximate surface area is 159 Å². The van der Waals surface area contributed by atoms with Crippen LogP contribution in [0.3, 0.4) is 0 Å². The third kappa shape index (κ3) is 4.62. The molecule has 2 aromatic rings. The summed E-state index contributed by atoms with van der Waals surface area (Å²) in [4.78, 5) is 5.02. The summed E-state index contributed by atoms with van der Waals surface area (Å²) in [6, 6.07) is 10.4. The number of allylic oxidation sites excluding steroid dienone is 1. The van der Waals surface area contributed by atoms with E-state index >= 15 is 0 Å². The molecule has 1 aromatic heterocycles. The van der Waals surface area contributed by atoms with Gasteiger partial charge in [-0.1, -0.05) is 89.9 Å². The van der Waals surface area contributed by atoms with E-state index in [2.05, 4.69) is 71.0 Å². The molecule has 0 saturated heterocycles. The molecule has 0 aliphatic carbocycles. The Morgan fingerprint density at radius 1 is 1.00 bits per heavy atom. The Hall–Kier alpha value is -1.93. The van der Waals surface area contributed by atoms with E-state index in [1.165, 1.54) is 12.8 Å². The zero-order valence-electron chi connectivity index (χ0n) is 16.9. The summed E-state index contributed by atoms with van der Waals surface area (Å²) in [5.74, 6) is 0.601. The maximum absolute atomic E-state index is 10.2. The number of pyridine rings is 1. The lowest BCUT2D eigenvalue weighted by molar-refractivity contribution is 0.280. The number of aliphatic hydroxyl groups is 1. The Bertz CT molecular complexity index is 730. The van der Waals surface area contributed by atoms with Gasteiger partial charge in [0.15, 0.2) is 0 Å². The van der Waals surface area contributed by atoms with Crippen LogP contribution in [-0.2, 0) is 6.61 Å². The number of nitrogens with zero attached hydrogens (tertiary/aromatic N) is 1. The molecule has 2 rings (SSSR count). The van der Waals surface area contributed by atoms with Gasteiger partial charge >= 0.3 is 0 Å². The molecule has 0 atom stereocenters. The monoisotopic (exact) mass is 351 g/mol. The van der Waals surface area contributed by atoms with Crippen molar-refractivity contribution in [2.75, 3.05) is 0 Å². The molecular weight excluding hydrogens is 318 g/mol. The quantitative estimate of drug-likeness (QED) is 0.537. The predicted octanol–water partition coefficient (Wildman–Crippen LogP) is 6.69. The van der Waals surface area contributed by atoms with Gasteiger partial charge in [0, 0.05) is 16.8 Å². The van der Waals surface area contributed by atoms with Crippen LogP contribution in [0.15, 0.2) is 36.4 Å². The summed E-state index contributed by atoms with van der Waals surface area (Å²) in [6.45, 7) is 10.9. The topological polar surface area (TPSA) is 33.1 Å². The lowest BCUT2D eigenvalue weighted by Crippen LogP contribution is -2.10. The highest BCUT2D eigenvalue weighted by molar-refractivity contribution is 5.80. The average Bonchev–Trinajstić information content (AvgIpc) is 2.64. The van der Waals surface area contributed by atoms with Gasteiger partial charge in [0.05, 0.1) is 12.3 Å². The van der Waals surface area contributed by atoms with Crippen molar-refractivity contribution in [3.8, 4) is 11.1 Å². The molecule has 0 aliphatic rings. The molecule has 0 spiro atoms. The third-order valence-electron chi connectivity index (χ3n) is 4.72. The van der Waals surface area contributed by atoms with Crippen molar-refractivity contribution in [2.24, 2.45) is 0 Å². The van der Waals surface area contributed by atoms with Crippen LogP contribution in [0.25, 0.3) is 17.2 Å². The van der Waals surface area contributed by atoms with Crippen LogP contribution in [0.2, 0.25) is 0 Å². The first-order chi connectivity index (χ1) is 12.5. The van der Waals surface area contributed by atoms with Gasteiger partial charge in [0.2, 0.25) is 0 Å². The smallest absolute Gasteiger partial charge is 0.0706 e.